The lowest BCUT2D eigenvalue weighted by Crippen LogP contribution is -2.44. The van der Waals surface area contributed by atoms with E-state index in [2.05, 4.69) is 10.4 Å². The minimum atomic E-state index is -1.04. The molecule has 0 spiro atoms. The number of hydrogen-bond acceptors (Lipinski definition) is 3. The molecular formula is C17H21N3O3. The molecule has 1 aromatic heterocycles. The maximum absolute atomic E-state index is 12.3. The Balaban J connectivity index is 2.15. The van der Waals surface area contributed by atoms with Crippen LogP contribution < -0.4 is 5.32 Å². The summed E-state index contributed by atoms with van der Waals surface area (Å²) in [5.74, 6) is -1.65. The Morgan fingerprint density at radius 1 is 1.26 bits per heavy atom. The van der Waals surface area contributed by atoms with Gasteiger partial charge in [0, 0.05) is 5.69 Å². The van der Waals surface area contributed by atoms with Gasteiger partial charge in [-0.3, -0.25) is 9.48 Å². The van der Waals surface area contributed by atoms with Crippen LogP contribution in [0, 0.1) is 12.8 Å². The third-order valence-corrected chi connectivity index (χ3v) is 3.74. The lowest BCUT2D eigenvalue weighted by atomic mass is 10.0. The largest absolute Gasteiger partial charge is 0.480 e. The van der Waals surface area contributed by atoms with Crippen LogP contribution in [0.15, 0.2) is 36.5 Å². The molecule has 0 unspecified atom stereocenters. The molecule has 2 aromatic rings. The first-order valence-electron chi connectivity index (χ1n) is 7.50. The number of rotatable bonds is 6. The zero-order valence-electron chi connectivity index (χ0n) is 13.5. The highest BCUT2D eigenvalue weighted by molar-refractivity contribution is 5.97. The van der Waals surface area contributed by atoms with Crippen molar-refractivity contribution in [2.75, 3.05) is 0 Å². The predicted octanol–water partition coefficient (Wildman–Crippen LogP) is 2.08. The van der Waals surface area contributed by atoms with Gasteiger partial charge >= 0.3 is 5.97 Å². The lowest BCUT2D eigenvalue weighted by Gasteiger charge is -2.17. The van der Waals surface area contributed by atoms with Gasteiger partial charge in [0.15, 0.2) is 0 Å². The van der Waals surface area contributed by atoms with Crippen molar-refractivity contribution in [1.82, 2.24) is 15.1 Å². The third kappa shape index (κ3) is 3.97. The highest BCUT2D eigenvalue weighted by Gasteiger charge is 2.25. The van der Waals surface area contributed by atoms with Crippen LogP contribution >= 0.6 is 0 Å². The van der Waals surface area contributed by atoms with Crippen molar-refractivity contribution in [1.29, 1.82) is 0 Å². The molecule has 0 bridgehead atoms. The van der Waals surface area contributed by atoms with Crippen molar-refractivity contribution in [2.24, 2.45) is 5.92 Å². The molecule has 6 nitrogen and oxygen atoms in total. The number of amides is 1. The van der Waals surface area contributed by atoms with Gasteiger partial charge in [0.2, 0.25) is 0 Å². The summed E-state index contributed by atoms with van der Waals surface area (Å²) in [5.41, 5.74) is 2.18. The van der Waals surface area contributed by atoms with E-state index in [1.165, 1.54) is 6.20 Å². The molecule has 0 aliphatic carbocycles. The minimum Gasteiger partial charge on any atom is -0.480 e. The number of aliphatic carboxylic acids is 1. The molecular weight excluding hydrogens is 294 g/mol. The molecule has 2 N–H and O–H groups in total. The van der Waals surface area contributed by atoms with E-state index in [1.807, 2.05) is 30.3 Å². The monoisotopic (exact) mass is 315 g/mol. The first kappa shape index (κ1) is 16.7. The number of carbonyl (C=O) groups excluding carboxylic acids is 1. The predicted molar refractivity (Wildman–Crippen MR) is 86.2 cm³/mol. The van der Waals surface area contributed by atoms with Crippen LogP contribution in [-0.4, -0.2) is 32.8 Å². The van der Waals surface area contributed by atoms with Crippen LogP contribution in [-0.2, 0) is 11.3 Å². The Hall–Kier alpha value is -2.63. The molecule has 1 heterocycles. The number of carbonyl (C=O) groups is 2. The molecule has 0 aliphatic rings. The summed E-state index contributed by atoms with van der Waals surface area (Å²) in [6.45, 7) is 5.87. The van der Waals surface area contributed by atoms with Crippen molar-refractivity contribution in [2.45, 2.75) is 33.4 Å². The molecule has 0 saturated heterocycles. The van der Waals surface area contributed by atoms with Crippen molar-refractivity contribution in [3.63, 3.8) is 0 Å². The molecule has 6 heteroatoms. The van der Waals surface area contributed by atoms with Gasteiger partial charge in [0.05, 0.1) is 18.3 Å². The fraction of sp³-hybridized carbons (Fsp3) is 0.353. The molecule has 23 heavy (non-hydrogen) atoms. The van der Waals surface area contributed by atoms with Crippen LogP contribution in [0.1, 0.15) is 35.5 Å². The van der Waals surface area contributed by atoms with Gasteiger partial charge in [-0.05, 0) is 18.4 Å². The van der Waals surface area contributed by atoms with E-state index in [9.17, 15) is 14.7 Å². The molecule has 0 radical (unpaired) electrons. The molecule has 0 aliphatic heterocycles. The second-order valence-corrected chi connectivity index (χ2v) is 5.82. The first-order valence-corrected chi connectivity index (χ1v) is 7.50. The lowest BCUT2D eigenvalue weighted by molar-refractivity contribution is -0.140. The molecule has 0 fully saturated rings. The normalized spacial score (nSPS) is 12.2. The highest BCUT2D eigenvalue weighted by atomic mass is 16.4. The Kier molecular flexibility index (Phi) is 5.16. The van der Waals surface area contributed by atoms with E-state index in [0.717, 1.165) is 5.56 Å². The third-order valence-electron chi connectivity index (χ3n) is 3.74. The summed E-state index contributed by atoms with van der Waals surface area (Å²) in [4.78, 5) is 23.5. The minimum absolute atomic E-state index is 0.198. The van der Waals surface area contributed by atoms with E-state index in [1.54, 1.807) is 25.5 Å². The van der Waals surface area contributed by atoms with Crippen molar-refractivity contribution >= 4 is 11.9 Å². The molecule has 1 atom stereocenters. The second-order valence-electron chi connectivity index (χ2n) is 5.82. The first-order chi connectivity index (χ1) is 10.9. The maximum atomic E-state index is 12.3. The smallest absolute Gasteiger partial charge is 0.326 e. The summed E-state index contributed by atoms with van der Waals surface area (Å²) in [6, 6.07) is 8.89. The second kappa shape index (κ2) is 7.09. The summed E-state index contributed by atoms with van der Waals surface area (Å²) >= 11 is 0. The van der Waals surface area contributed by atoms with Crippen molar-refractivity contribution in [3.8, 4) is 0 Å². The number of benzene rings is 1. The number of carboxylic acids is 1. The van der Waals surface area contributed by atoms with Crippen molar-refractivity contribution in [3.05, 3.63) is 53.3 Å². The van der Waals surface area contributed by atoms with Crippen LogP contribution in [0.25, 0.3) is 0 Å². The van der Waals surface area contributed by atoms with Crippen LogP contribution in [0.5, 0.6) is 0 Å². The number of nitrogens with one attached hydrogen (secondary N) is 1. The quantitative estimate of drug-likeness (QED) is 0.855. The Bertz CT molecular complexity index is 692. The number of carboxylic acid groups (broad SMARTS) is 1. The number of nitrogens with zero attached hydrogens (tertiary/aromatic N) is 2. The van der Waals surface area contributed by atoms with Gasteiger partial charge in [-0.25, -0.2) is 4.79 Å². The van der Waals surface area contributed by atoms with Gasteiger partial charge in [-0.1, -0.05) is 44.2 Å². The van der Waals surface area contributed by atoms with Crippen molar-refractivity contribution < 1.29 is 14.7 Å². The molecule has 122 valence electrons. The molecule has 0 saturated carbocycles. The fourth-order valence-electron chi connectivity index (χ4n) is 2.32. The summed E-state index contributed by atoms with van der Waals surface area (Å²) in [5, 5.41) is 16.0. The van der Waals surface area contributed by atoms with Gasteiger partial charge in [0.1, 0.15) is 6.04 Å². The number of aromatic nitrogens is 2. The summed E-state index contributed by atoms with van der Waals surface area (Å²) < 4.78 is 1.73. The maximum Gasteiger partial charge on any atom is 0.326 e. The topological polar surface area (TPSA) is 84.2 Å². The van der Waals surface area contributed by atoms with Gasteiger partial charge in [-0.2, -0.15) is 5.10 Å². The fourth-order valence-corrected chi connectivity index (χ4v) is 2.32. The van der Waals surface area contributed by atoms with E-state index in [0.29, 0.717) is 17.8 Å². The average Bonchev–Trinajstić information content (AvgIpc) is 2.86. The standard InChI is InChI=1S/C17H21N3O3/c1-11(2)15(17(22)23)19-16(21)14-9-18-20(12(14)3)10-13-7-5-4-6-8-13/h4-9,11,15H,10H2,1-3H3,(H,19,21)(H,22,23)/t15-/m0/s1. The highest BCUT2D eigenvalue weighted by Crippen LogP contribution is 2.11. The van der Waals surface area contributed by atoms with Gasteiger partial charge in [-0.15, -0.1) is 0 Å². The SMILES string of the molecule is Cc1c(C(=O)N[C@H](C(=O)O)C(C)C)cnn1Cc1ccccc1. The van der Waals surface area contributed by atoms with Crippen LogP contribution in [0.2, 0.25) is 0 Å². The summed E-state index contributed by atoms with van der Waals surface area (Å²) in [6.07, 6.45) is 1.48. The van der Waals surface area contributed by atoms with Gasteiger partial charge < -0.3 is 10.4 Å². The Morgan fingerprint density at radius 2 is 1.91 bits per heavy atom. The number of hydrogen-bond donors (Lipinski definition) is 2. The van der Waals surface area contributed by atoms with E-state index < -0.39 is 17.9 Å². The Labute approximate surface area is 135 Å². The van der Waals surface area contributed by atoms with Gasteiger partial charge in [0.25, 0.3) is 5.91 Å². The molecule has 1 amide bonds. The van der Waals surface area contributed by atoms with Crippen LogP contribution in [0.4, 0.5) is 0 Å². The Morgan fingerprint density at radius 3 is 2.48 bits per heavy atom. The summed E-state index contributed by atoms with van der Waals surface area (Å²) in [7, 11) is 0. The van der Waals surface area contributed by atoms with E-state index in [4.69, 9.17) is 0 Å². The zero-order valence-corrected chi connectivity index (χ0v) is 13.5. The average molecular weight is 315 g/mol. The van der Waals surface area contributed by atoms with Crippen LogP contribution in [0.3, 0.4) is 0 Å². The van der Waals surface area contributed by atoms with E-state index in [-0.39, 0.29) is 5.92 Å². The van der Waals surface area contributed by atoms with E-state index >= 15 is 0 Å². The zero-order chi connectivity index (χ0) is 17.0. The molecule has 2 rings (SSSR count). The molecule has 1 aromatic carbocycles.